The van der Waals surface area contributed by atoms with E-state index in [0.29, 0.717) is 12.8 Å². The summed E-state index contributed by atoms with van der Waals surface area (Å²) in [6.07, 6.45) is 7.97. The van der Waals surface area contributed by atoms with Crippen LogP contribution in [0.25, 0.3) is 0 Å². The van der Waals surface area contributed by atoms with Crippen LogP contribution in [-0.2, 0) is 9.59 Å². The number of hydrogen-bond acceptors (Lipinski definition) is 2. The van der Waals surface area contributed by atoms with Crippen LogP contribution in [0.1, 0.15) is 71.6 Å². The van der Waals surface area contributed by atoms with E-state index in [1.165, 1.54) is 19.3 Å². The Bertz CT molecular complexity index is 190. The van der Waals surface area contributed by atoms with Crippen LogP contribution in [0.3, 0.4) is 0 Å². The summed E-state index contributed by atoms with van der Waals surface area (Å²) in [4.78, 5) is 19.8. The van der Waals surface area contributed by atoms with E-state index in [-0.39, 0.29) is 0 Å². The standard InChI is InChI=1S/C8H16O2.C5H10O2/c1-2-3-4-5-6-7-8(9)10;1-2-3-4-5(6)7/h2-7H2,1H3,(H,9,10);2-4H2,1H3,(H,6,7). The first kappa shape index (κ1) is 18.3. The Kier molecular flexibility index (Phi) is 16.1. The zero-order chi connectivity index (χ0) is 13.5. The molecule has 0 saturated carbocycles. The van der Waals surface area contributed by atoms with Gasteiger partial charge in [-0.15, -0.1) is 0 Å². The van der Waals surface area contributed by atoms with Crippen molar-refractivity contribution in [1.82, 2.24) is 0 Å². The first-order valence-electron chi connectivity index (χ1n) is 6.48. The van der Waals surface area contributed by atoms with Gasteiger partial charge in [-0.1, -0.05) is 46.0 Å². The van der Waals surface area contributed by atoms with E-state index in [1.54, 1.807) is 0 Å². The highest BCUT2D eigenvalue weighted by molar-refractivity contribution is 5.66. The Morgan fingerprint density at radius 1 is 0.706 bits per heavy atom. The monoisotopic (exact) mass is 246 g/mol. The lowest BCUT2D eigenvalue weighted by Crippen LogP contribution is -1.93. The topological polar surface area (TPSA) is 74.6 Å². The zero-order valence-corrected chi connectivity index (χ0v) is 11.1. The number of rotatable bonds is 9. The minimum Gasteiger partial charge on any atom is -0.481 e. The minimum atomic E-state index is -0.693. The van der Waals surface area contributed by atoms with Gasteiger partial charge in [0.25, 0.3) is 0 Å². The molecule has 4 nitrogen and oxygen atoms in total. The maximum Gasteiger partial charge on any atom is 0.303 e. The first-order chi connectivity index (χ1) is 8.04. The van der Waals surface area contributed by atoms with Gasteiger partial charge < -0.3 is 10.2 Å². The van der Waals surface area contributed by atoms with Crippen LogP contribution in [0.15, 0.2) is 0 Å². The van der Waals surface area contributed by atoms with Crippen molar-refractivity contribution in [3.63, 3.8) is 0 Å². The molecule has 0 saturated heterocycles. The summed E-state index contributed by atoms with van der Waals surface area (Å²) in [5.74, 6) is -1.36. The maximum absolute atomic E-state index is 10.0. The molecule has 0 aliphatic heterocycles. The molecular weight excluding hydrogens is 220 g/mol. The van der Waals surface area contributed by atoms with E-state index in [1.807, 2.05) is 6.92 Å². The molecule has 0 amide bonds. The molecule has 0 aromatic heterocycles. The number of carboxylic acid groups (broad SMARTS) is 2. The normalized spacial score (nSPS) is 9.29. The van der Waals surface area contributed by atoms with Crippen LogP contribution < -0.4 is 0 Å². The SMILES string of the molecule is CCCCC(=O)O.CCCCCCCC(=O)O. The van der Waals surface area contributed by atoms with Crippen LogP contribution >= 0.6 is 0 Å². The highest BCUT2D eigenvalue weighted by Gasteiger charge is 1.94. The minimum absolute atomic E-state index is 0.316. The molecule has 2 N–H and O–H groups in total. The molecule has 0 bridgehead atoms. The summed E-state index contributed by atoms with van der Waals surface area (Å²) in [7, 11) is 0. The van der Waals surface area contributed by atoms with Gasteiger partial charge in [0.05, 0.1) is 0 Å². The molecule has 0 radical (unpaired) electrons. The lowest BCUT2D eigenvalue weighted by atomic mass is 10.1. The lowest BCUT2D eigenvalue weighted by Gasteiger charge is -1.95. The first-order valence-corrected chi connectivity index (χ1v) is 6.48. The van der Waals surface area contributed by atoms with Crippen LogP contribution in [0, 0.1) is 0 Å². The van der Waals surface area contributed by atoms with E-state index in [2.05, 4.69) is 6.92 Å². The molecule has 4 heteroatoms. The maximum atomic E-state index is 10.0. The van der Waals surface area contributed by atoms with Gasteiger partial charge in [0.1, 0.15) is 0 Å². The van der Waals surface area contributed by atoms with Crippen molar-refractivity contribution < 1.29 is 19.8 Å². The molecule has 102 valence electrons. The fourth-order valence-electron chi connectivity index (χ4n) is 1.21. The largest absolute Gasteiger partial charge is 0.481 e. The average Bonchev–Trinajstić information content (AvgIpc) is 2.26. The number of carbonyl (C=O) groups is 2. The molecule has 0 spiro atoms. The third-order valence-corrected chi connectivity index (χ3v) is 2.24. The molecule has 0 aromatic rings. The summed E-state index contributed by atoms with van der Waals surface area (Å²) in [6, 6.07) is 0. The molecular formula is C13H26O4. The molecule has 0 fully saturated rings. The molecule has 0 rings (SSSR count). The van der Waals surface area contributed by atoms with E-state index in [0.717, 1.165) is 25.7 Å². The summed E-state index contributed by atoms with van der Waals surface area (Å²) < 4.78 is 0. The number of unbranched alkanes of at least 4 members (excludes halogenated alkanes) is 5. The van der Waals surface area contributed by atoms with Crippen molar-refractivity contribution in [1.29, 1.82) is 0 Å². The number of aliphatic carboxylic acids is 2. The van der Waals surface area contributed by atoms with Crippen molar-refractivity contribution >= 4 is 11.9 Å². The van der Waals surface area contributed by atoms with Gasteiger partial charge in [0, 0.05) is 12.8 Å². The summed E-state index contributed by atoms with van der Waals surface area (Å²) in [5.41, 5.74) is 0. The van der Waals surface area contributed by atoms with Gasteiger partial charge in [0.2, 0.25) is 0 Å². The molecule has 17 heavy (non-hydrogen) atoms. The van der Waals surface area contributed by atoms with Gasteiger partial charge in [-0.2, -0.15) is 0 Å². The molecule has 0 aliphatic rings. The Balaban J connectivity index is 0. The summed E-state index contributed by atoms with van der Waals surface area (Å²) in [6.45, 7) is 4.13. The number of carboxylic acids is 2. The van der Waals surface area contributed by atoms with Crippen LogP contribution in [-0.4, -0.2) is 22.2 Å². The molecule has 0 unspecified atom stereocenters. The van der Waals surface area contributed by atoms with Crippen molar-refractivity contribution in [3.8, 4) is 0 Å². The van der Waals surface area contributed by atoms with E-state index in [9.17, 15) is 9.59 Å². The Hall–Kier alpha value is -1.06. The Morgan fingerprint density at radius 2 is 1.12 bits per heavy atom. The van der Waals surface area contributed by atoms with Crippen molar-refractivity contribution in [2.24, 2.45) is 0 Å². The van der Waals surface area contributed by atoms with E-state index in [4.69, 9.17) is 10.2 Å². The Labute approximate surface area is 104 Å². The average molecular weight is 246 g/mol. The molecule has 0 aliphatic carbocycles. The zero-order valence-electron chi connectivity index (χ0n) is 11.1. The molecule has 0 aromatic carbocycles. The van der Waals surface area contributed by atoms with E-state index >= 15 is 0 Å². The smallest absolute Gasteiger partial charge is 0.303 e. The number of hydrogen-bond donors (Lipinski definition) is 2. The van der Waals surface area contributed by atoms with Crippen molar-refractivity contribution in [3.05, 3.63) is 0 Å². The lowest BCUT2D eigenvalue weighted by molar-refractivity contribution is -0.138. The van der Waals surface area contributed by atoms with Gasteiger partial charge in [-0.25, -0.2) is 0 Å². The van der Waals surface area contributed by atoms with Crippen molar-refractivity contribution in [2.75, 3.05) is 0 Å². The third-order valence-electron chi connectivity index (χ3n) is 2.24. The molecule has 0 heterocycles. The highest BCUT2D eigenvalue weighted by atomic mass is 16.4. The highest BCUT2D eigenvalue weighted by Crippen LogP contribution is 2.04. The summed E-state index contributed by atoms with van der Waals surface area (Å²) in [5, 5.41) is 16.3. The Morgan fingerprint density at radius 3 is 1.47 bits per heavy atom. The van der Waals surface area contributed by atoms with Gasteiger partial charge in [0.15, 0.2) is 0 Å². The van der Waals surface area contributed by atoms with Crippen LogP contribution in [0.2, 0.25) is 0 Å². The molecule has 0 atom stereocenters. The fourth-order valence-corrected chi connectivity index (χ4v) is 1.21. The van der Waals surface area contributed by atoms with Gasteiger partial charge >= 0.3 is 11.9 Å². The predicted molar refractivity (Wildman–Crippen MR) is 68.2 cm³/mol. The summed E-state index contributed by atoms with van der Waals surface area (Å²) >= 11 is 0. The second-order valence-corrected chi connectivity index (χ2v) is 4.06. The predicted octanol–water partition coefficient (Wildman–Crippen LogP) is 3.69. The third kappa shape index (κ3) is 25.3. The van der Waals surface area contributed by atoms with E-state index < -0.39 is 11.9 Å². The van der Waals surface area contributed by atoms with Gasteiger partial charge in [-0.3, -0.25) is 9.59 Å². The van der Waals surface area contributed by atoms with Crippen LogP contribution in [0.5, 0.6) is 0 Å². The quantitative estimate of drug-likeness (QED) is 0.608. The fraction of sp³-hybridized carbons (Fsp3) is 0.846. The van der Waals surface area contributed by atoms with Gasteiger partial charge in [-0.05, 0) is 12.8 Å². The second-order valence-electron chi connectivity index (χ2n) is 4.06. The second kappa shape index (κ2) is 14.9. The van der Waals surface area contributed by atoms with Crippen molar-refractivity contribution in [2.45, 2.75) is 71.6 Å². The van der Waals surface area contributed by atoms with Crippen LogP contribution in [0.4, 0.5) is 0 Å².